The van der Waals surface area contributed by atoms with Gasteiger partial charge < -0.3 is 20.5 Å². The maximum atomic E-state index is 11.8. The highest BCUT2D eigenvalue weighted by Crippen LogP contribution is 2.09. The van der Waals surface area contributed by atoms with Crippen molar-refractivity contribution in [3.63, 3.8) is 0 Å². The average Bonchev–Trinajstić information content (AvgIpc) is 3.11. The second-order valence-electron chi connectivity index (χ2n) is 7.42. The number of nitrogens with zero attached hydrogens (tertiary/aromatic N) is 4. The predicted octanol–water partition coefficient (Wildman–Crippen LogP) is 1.13. The minimum Gasteiger partial charge on any atom is -0.356 e. The highest BCUT2D eigenvalue weighted by Gasteiger charge is 2.21. The molecule has 158 valence electrons. The van der Waals surface area contributed by atoms with Crippen LogP contribution in [0.4, 0.5) is 0 Å². The summed E-state index contributed by atoms with van der Waals surface area (Å²) in [4.78, 5) is 22.7. The summed E-state index contributed by atoms with van der Waals surface area (Å²) in [7, 11) is 1.82. The summed E-state index contributed by atoms with van der Waals surface area (Å²) in [6, 6.07) is 0.412. The molecule has 0 unspecified atom stereocenters. The Morgan fingerprint density at radius 1 is 1.25 bits per heavy atom. The van der Waals surface area contributed by atoms with Crippen LogP contribution in [0.5, 0.6) is 0 Å². The molecule has 1 aromatic rings. The fourth-order valence-corrected chi connectivity index (χ4v) is 3.40. The summed E-state index contributed by atoms with van der Waals surface area (Å²) >= 11 is 0. The summed E-state index contributed by atoms with van der Waals surface area (Å²) in [5.74, 6) is 2.08. The van der Waals surface area contributed by atoms with Crippen LogP contribution in [0.25, 0.3) is 0 Å². The first-order chi connectivity index (χ1) is 13.6. The van der Waals surface area contributed by atoms with Crippen LogP contribution < -0.4 is 16.0 Å². The third kappa shape index (κ3) is 7.88. The zero-order valence-electron chi connectivity index (χ0n) is 17.7. The minimum absolute atomic E-state index is 0.136. The molecule has 0 bridgehead atoms. The molecule has 1 saturated heterocycles. The number of likely N-dealkylation sites (tertiary alicyclic amines) is 1. The quantitative estimate of drug-likeness (QED) is 0.316. The number of nitrogens with one attached hydrogen (secondary N) is 3. The second-order valence-corrected chi connectivity index (χ2v) is 7.42. The summed E-state index contributed by atoms with van der Waals surface area (Å²) in [5, 5.41) is 9.89. The van der Waals surface area contributed by atoms with E-state index in [-0.39, 0.29) is 5.91 Å². The number of imidazole rings is 1. The molecule has 3 N–H and O–H groups in total. The molecular weight excluding hydrogens is 354 g/mol. The molecule has 0 atom stereocenters. The SMILES string of the molecule is CCCNC(=O)CN1CCC(NC(=NC)NCCCCn2ccnc2C)CC1. The largest absolute Gasteiger partial charge is 0.356 e. The molecule has 1 amide bonds. The Balaban J connectivity index is 1.58. The highest BCUT2D eigenvalue weighted by molar-refractivity contribution is 5.80. The first-order valence-corrected chi connectivity index (χ1v) is 10.6. The molecule has 0 spiro atoms. The number of hydrogen-bond acceptors (Lipinski definition) is 4. The van der Waals surface area contributed by atoms with Gasteiger partial charge in [0.05, 0.1) is 6.54 Å². The van der Waals surface area contributed by atoms with Crippen LogP contribution in [-0.2, 0) is 11.3 Å². The number of hydrogen-bond donors (Lipinski definition) is 3. The van der Waals surface area contributed by atoms with Crippen molar-refractivity contribution in [2.75, 3.05) is 39.8 Å². The van der Waals surface area contributed by atoms with Crippen LogP contribution >= 0.6 is 0 Å². The van der Waals surface area contributed by atoms with E-state index in [9.17, 15) is 4.79 Å². The summed E-state index contributed by atoms with van der Waals surface area (Å²) in [6.07, 6.45) is 9.12. The van der Waals surface area contributed by atoms with Gasteiger partial charge in [0.1, 0.15) is 5.82 Å². The van der Waals surface area contributed by atoms with E-state index in [1.165, 1.54) is 0 Å². The smallest absolute Gasteiger partial charge is 0.234 e. The lowest BCUT2D eigenvalue weighted by Crippen LogP contribution is -2.50. The molecule has 2 rings (SSSR count). The molecule has 8 heteroatoms. The van der Waals surface area contributed by atoms with E-state index in [4.69, 9.17) is 0 Å². The van der Waals surface area contributed by atoms with Gasteiger partial charge in [-0.1, -0.05) is 6.92 Å². The number of amides is 1. The zero-order chi connectivity index (χ0) is 20.2. The average molecular weight is 392 g/mol. The maximum Gasteiger partial charge on any atom is 0.234 e. The van der Waals surface area contributed by atoms with Crippen molar-refractivity contribution < 1.29 is 4.79 Å². The van der Waals surface area contributed by atoms with Crippen LogP contribution in [-0.4, -0.2) is 72.1 Å². The first kappa shape index (κ1) is 22.2. The minimum atomic E-state index is 0.136. The van der Waals surface area contributed by atoms with E-state index in [1.54, 1.807) is 0 Å². The van der Waals surface area contributed by atoms with E-state index in [2.05, 4.69) is 42.3 Å². The number of aliphatic imine (C=N–C) groups is 1. The van der Waals surface area contributed by atoms with Crippen LogP contribution in [0.2, 0.25) is 0 Å². The Bertz CT molecular complexity index is 605. The van der Waals surface area contributed by atoms with Gasteiger partial charge in [0, 0.05) is 58.2 Å². The van der Waals surface area contributed by atoms with E-state index in [1.807, 2.05) is 26.4 Å². The third-order valence-corrected chi connectivity index (χ3v) is 5.13. The van der Waals surface area contributed by atoms with Gasteiger partial charge in [-0.15, -0.1) is 0 Å². The van der Waals surface area contributed by atoms with Crippen LogP contribution in [0, 0.1) is 6.92 Å². The molecule has 0 radical (unpaired) electrons. The molecular formula is C20H37N7O. The lowest BCUT2D eigenvalue weighted by Gasteiger charge is -2.32. The van der Waals surface area contributed by atoms with Crippen molar-refractivity contribution in [3.05, 3.63) is 18.2 Å². The number of carbonyl (C=O) groups excluding carboxylic acids is 1. The highest BCUT2D eigenvalue weighted by atomic mass is 16.2. The normalized spacial score (nSPS) is 16.2. The van der Waals surface area contributed by atoms with Gasteiger partial charge in [-0.25, -0.2) is 4.98 Å². The molecule has 28 heavy (non-hydrogen) atoms. The number of carbonyl (C=O) groups is 1. The van der Waals surface area contributed by atoms with Gasteiger partial charge in [0.2, 0.25) is 5.91 Å². The molecule has 0 aliphatic carbocycles. The lowest BCUT2D eigenvalue weighted by molar-refractivity contribution is -0.122. The molecule has 1 aromatic heterocycles. The topological polar surface area (TPSA) is 86.6 Å². The van der Waals surface area contributed by atoms with Crippen molar-refractivity contribution in [3.8, 4) is 0 Å². The van der Waals surface area contributed by atoms with Gasteiger partial charge in [0.25, 0.3) is 0 Å². The second kappa shape index (κ2) is 12.4. The number of piperidine rings is 1. The Morgan fingerprint density at radius 2 is 2.04 bits per heavy atom. The van der Waals surface area contributed by atoms with Crippen LogP contribution in [0.1, 0.15) is 44.9 Å². The van der Waals surface area contributed by atoms with Crippen molar-refractivity contribution in [1.82, 2.24) is 30.4 Å². The van der Waals surface area contributed by atoms with Gasteiger partial charge >= 0.3 is 0 Å². The van der Waals surface area contributed by atoms with Crippen molar-refractivity contribution in [1.29, 1.82) is 0 Å². The standard InChI is InChI=1S/C20H37N7O/c1-4-9-23-19(28)16-26-13-7-18(8-14-26)25-20(21-3)24-10-5-6-12-27-15-11-22-17(27)2/h11,15,18H,4-10,12-14,16H2,1-3H3,(H,23,28)(H2,21,24,25). The van der Waals surface area contributed by atoms with Crippen LogP contribution in [0.3, 0.4) is 0 Å². The molecule has 0 saturated carbocycles. The summed E-state index contributed by atoms with van der Waals surface area (Å²) in [6.45, 7) is 9.17. The Kier molecular flexibility index (Phi) is 9.82. The third-order valence-electron chi connectivity index (χ3n) is 5.13. The summed E-state index contributed by atoms with van der Waals surface area (Å²) < 4.78 is 2.18. The van der Waals surface area contributed by atoms with Crippen molar-refractivity contribution in [2.45, 2.75) is 58.5 Å². The van der Waals surface area contributed by atoms with Gasteiger partial charge in [-0.3, -0.25) is 14.7 Å². The van der Waals surface area contributed by atoms with Gasteiger partial charge in [-0.2, -0.15) is 0 Å². The fraction of sp³-hybridized carbons (Fsp3) is 0.750. The fourth-order valence-electron chi connectivity index (χ4n) is 3.40. The lowest BCUT2D eigenvalue weighted by atomic mass is 10.1. The van der Waals surface area contributed by atoms with Gasteiger partial charge in [-0.05, 0) is 39.0 Å². The number of rotatable bonds is 10. The Labute approximate surface area is 169 Å². The maximum absolute atomic E-state index is 11.8. The predicted molar refractivity (Wildman–Crippen MR) is 113 cm³/mol. The molecule has 0 aromatic carbocycles. The number of aryl methyl sites for hydroxylation is 2. The molecule has 1 fully saturated rings. The molecule has 8 nitrogen and oxygen atoms in total. The Morgan fingerprint density at radius 3 is 2.68 bits per heavy atom. The van der Waals surface area contributed by atoms with Gasteiger partial charge in [0.15, 0.2) is 5.96 Å². The molecule has 2 heterocycles. The van der Waals surface area contributed by atoms with E-state index < -0.39 is 0 Å². The van der Waals surface area contributed by atoms with E-state index in [0.29, 0.717) is 12.6 Å². The van der Waals surface area contributed by atoms with E-state index in [0.717, 1.165) is 76.6 Å². The Hall–Kier alpha value is -2.09. The first-order valence-electron chi connectivity index (χ1n) is 10.6. The number of guanidine groups is 1. The number of unbranched alkanes of at least 4 members (excludes halogenated alkanes) is 1. The summed E-state index contributed by atoms with van der Waals surface area (Å²) in [5.41, 5.74) is 0. The zero-order valence-corrected chi connectivity index (χ0v) is 17.7. The monoisotopic (exact) mass is 391 g/mol. The van der Waals surface area contributed by atoms with Crippen molar-refractivity contribution in [2.24, 2.45) is 4.99 Å². The van der Waals surface area contributed by atoms with E-state index >= 15 is 0 Å². The molecule has 1 aliphatic rings. The van der Waals surface area contributed by atoms with Crippen molar-refractivity contribution >= 4 is 11.9 Å². The number of aromatic nitrogens is 2. The molecule has 1 aliphatic heterocycles. The van der Waals surface area contributed by atoms with Crippen LogP contribution in [0.15, 0.2) is 17.4 Å².